The van der Waals surface area contributed by atoms with Crippen LogP contribution in [0.15, 0.2) is 170 Å². The minimum atomic E-state index is -0.0947. The zero-order valence-corrected chi connectivity index (χ0v) is 39.6. The highest BCUT2D eigenvalue weighted by molar-refractivity contribution is 6.90. The molecule has 0 bridgehead atoms. The first kappa shape index (κ1) is 41.0. The molecule has 0 radical (unpaired) electrons. The average molecular weight is 844 g/mol. The third kappa shape index (κ3) is 6.63. The molecule has 320 valence electrons. The maximum Gasteiger partial charge on any atom is 0.333 e. The Labute approximate surface area is 386 Å². The fourth-order valence-corrected chi connectivity index (χ4v) is 10.6. The van der Waals surface area contributed by atoms with Crippen molar-refractivity contribution in [3.05, 3.63) is 192 Å². The molecule has 3 heterocycles. The number of aryl methyl sites for hydroxylation is 1. The van der Waals surface area contributed by atoms with Gasteiger partial charge in [-0.15, -0.1) is 0 Å². The number of rotatable bonds is 5. The molecule has 0 aliphatic carbocycles. The van der Waals surface area contributed by atoms with Crippen molar-refractivity contribution in [1.29, 1.82) is 0 Å². The van der Waals surface area contributed by atoms with E-state index >= 15 is 0 Å². The van der Waals surface area contributed by atoms with E-state index in [1.165, 1.54) is 94.3 Å². The van der Waals surface area contributed by atoms with Gasteiger partial charge in [-0.05, 0) is 152 Å². The summed E-state index contributed by atoms with van der Waals surface area (Å²) in [5.74, 6) is 0. The Balaban J connectivity index is 1.29. The van der Waals surface area contributed by atoms with Crippen molar-refractivity contribution in [2.75, 3.05) is 9.80 Å². The van der Waals surface area contributed by atoms with Gasteiger partial charge in [0.05, 0.1) is 5.69 Å². The lowest BCUT2D eigenvalue weighted by Gasteiger charge is -2.42. The predicted molar refractivity (Wildman–Crippen MR) is 281 cm³/mol. The summed E-state index contributed by atoms with van der Waals surface area (Å²) >= 11 is 0. The van der Waals surface area contributed by atoms with E-state index in [0.29, 0.717) is 0 Å². The van der Waals surface area contributed by atoms with Crippen LogP contribution in [0.2, 0.25) is 0 Å². The van der Waals surface area contributed by atoms with Crippen LogP contribution in [0.3, 0.4) is 0 Å². The van der Waals surface area contributed by atoms with E-state index in [9.17, 15) is 0 Å². The fourth-order valence-electron chi connectivity index (χ4n) is 10.6. The maximum atomic E-state index is 2.72. The molecule has 0 spiro atoms. The molecule has 3 nitrogen and oxygen atoms in total. The fraction of sp³-hybridized carbons (Fsp3) is 0.213. The second-order valence-electron chi connectivity index (χ2n) is 21.6. The molecule has 9 aromatic rings. The molecule has 2 aliphatic heterocycles. The second-order valence-corrected chi connectivity index (χ2v) is 21.6. The van der Waals surface area contributed by atoms with E-state index in [1.807, 2.05) is 0 Å². The molecule has 4 heteroatoms. The third-order valence-corrected chi connectivity index (χ3v) is 14.0. The summed E-state index contributed by atoms with van der Waals surface area (Å²) in [7, 11) is 0. The number of nitrogens with zero attached hydrogens (tertiary/aromatic N) is 3. The van der Waals surface area contributed by atoms with Crippen molar-refractivity contribution in [2.45, 2.75) is 85.5 Å². The molecule has 11 rings (SSSR count). The van der Waals surface area contributed by atoms with Crippen LogP contribution in [0.25, 0.3) is 44.1 Å². The molecule has 0 saturated heterocycles. The topological polar surface area (TPSA) is 11.4 Å². The molecule has 8 aromatic carbocycles. The molecule has 0 N–H and O–H groups in total. The number of hydrogen-bond donors (Lipinski definition) is 0. The second kappa shape index (κ2) is 14.6. The summed E-state index contributed by atoms with van der Waals surface area (Å²) in [5.41, 5.74) is 22.5. The zero-order valence-electron chi connectivity index (χ0n) is 39.6. The van der Waals surface area contributed by atoms with Crippen LogP contribution < -0.4 is 20.7 Å². The molecule has 0 amide bonds. The summed E-state index contributed by atoms with van der Waals surface area (Å²) in [5, 5.41) is 2.66. The molecule has 0 saturated carbocycles. The third-order valence-electron chi connectivity index (χ3n) is 14.0. The Morgan fingerprint density at radius 1 is 0.431 bits per heavy atom. The van der Waals surface area contributed by atoms with Crippen molar-refractivity contribution in [3.8, 4) is 22.3 Å². The quantitative estimate of drug-likeness (QED) is 0.160. The Kier molecular flexibility index (Phi) is 9.22. The molecule has 0 fully saturated rings. The SMILES string of the molecule is Cc1cc2c3c(c1)N(c1ccc(C(C)(C)C)cc1-c1ccccc1)c1ccc(N(c4ccccc4)c4ccccc4)cc1B3n1c3ccc(C(C)(C)C)cc3c3cc(C(C)(C)C)cc-2c31. The molecule has 0 atom stereocenters. The molecule has 0 unspecified atom stereocenters. The van der Waals surface area contributed by atoms with Crippen molar-refractivity contribution < 1.29 is 0 Å². The van der Waals surface area contributed by atoms with E-state index in [-0.39, 0.29) is 23.1 Å². The highest BCUT2D eigenvalue weighted by Gasteiger charge is 2.44. The first-order valence-corrected chi connectivity index (χ1v) is 23.4. The van der Waals surface area contributed by atoms with Crippen LogP contribution in [-0.2, 0) is 16.2 Å². The van der Waals surface area contributed by atoms with Crippen LogP contribution >= 0.6 is 0 Å². The Morgan fingerprint density at radius 3 is 1.62 bits per heavy atom. The van der Waals surface area contributed by atoms with Crippen molar-refractivity contribution >= 4 is 73.7 Å². The highest BCUT2D eigenvalue weighted by atomic mass is 15.2. The maximum absolute atomic E-state index is 2.72. The van der Waals surface area contributed by atoms with Gasteiger partial charge < -0.3 is 14.3 Å². The Bertz CT molecular complexity index is 3280. The number of aromatic nitrogens is 1. The molecular formula is C61H58BN3. The number of benzene rings is 8. The summed E-state index contributed by atoms with van der Waals surface area (Å²) in [6.45, 7) is 23.2. The highest BCUT2D eigenvalue weighted by Crippen LogP contribution is 2.50. The van der Waals surface area contributed by atoms with E-state index in [2.05, 4.69) is 253 Å². The standard InChI is InChI=1S/C61H58BN3/c1-39-32-49-51-37-43(61(8,9)10)36-50-48-35-42(60(5,6)7)27-30-54(48)65(58(50)51)62-52-38-46(63(44-22-16-12-17-23-44)45-24-18-13-19-25-45)28-31-55(52)64(56(33-39)57(49)62)53-29-26-41(59(2,3)4)34-47(53)40-20-14-11-15-21-40/h11-38H,1-10H3. The molecule has 2 aliphatic rings. The van der Waals surface area contributed by atoms with Crippen molar-refractivity contribution in [1.82, 2.24) is 4.48 Å². The predicted octanol–water partition coefficient (Wildman–Crippen LogP) is 15.5. The van der Waals surface area contributed by atoms with Crippen LogP contribution in [0, 0.1) is 6.92 Å². The Morgan fingerprint density at radius 2 is 0.985 bits per heavy atom. The van der Waals surface area contributed by atoms with Crippen LogP contribution in [-0.4, -0.2) is 11.3 Å². The first-order chi connectivity index (χ1) is 31.1. The monoisotopic (exact) mass is 843 g/mol. The Hall–Kier alpha value is -6.78. The summed E-state index contributed by atoms with van der Waals surface area (Å²) in [6.07, 6.45) is 0. The van der Waals surface area contributed by atoms with Gasteiger partial charge in [0.1, 0.15) is 0 Å². The summed E-state index contributed by atoms with van der Waals surface area (Å²) in [4.78, 5) is 5.01. The van der Waals surface area contributed by atoms with Gasteiger partial charge in [-0.1, -0.05) is 147 Å². The molecule has 65 heavy (non-hydrogen) atoms. The van der Waals surface area contributed by atoms with Gasteiger partial charge in [0.2, 0.25) is 0 Å². The van der Waals surface area contributed by atoms with Crippen LogP contribution in [0.4, 0.5) is 34.1 Å². The van der Waals surface area contributed by atoms with Crippen LogP contribution in [0.1, 0.15) is 84.6 Å². The number of fused-ring (bicyclic) bond motifs is 7. The van der Waals surface area contributed by atoms with E-state index in [1.54, 1.807) is 0 Å². The molecule has 1 aromatic heterocycles. The largest absolute Gasteiger partial charge is 0.375 e. The summed E-state index contributed by atoms with van der Waals surface area (Å²) in [6, 6.07) is 64.3. The van der Waals surface area contributed by atoms with E-state index in [4.69, 9.17) is 0 Å². The van der Waals surface area contributed by atoms with E-state index < -0.39 is 0 Å². The molecular weight excluding hydrogens is 786 g/mol. The van der Waals surface area contributed by atoms with Crippen molar-refractivity contribution in [3.63, 3.8) is 0 Å². The van der Waals surface area contributed by atoms with Gasteiger partial charge in [-0.3, -0.25) is 0 Å². The number of para-hydroxylation sites is 2. The number of hydrogen-bond acceptors (Lipinski definition) is 2. The zero-order chi connectivity index (χ0) is 45.2. The number of anilines is 6. The lowest BCUT2D eigenvalue weighted by Crippen LogP contribution is -2.56. The lowest BCUT2D eigenvalue weighted by atomic mass is 9.45. The van der Waals surface area contributed by atoms with Gasteiger partial charge in [-0.25, -0.2) is 0 Å². The smallest absolute Gasteiger partial charge is 0.333 e. The average Bonchev–Trinajstić information content (AvgIpc) is 3.61. The lowest BCUT2D eigenvalue weighted by molar-refractivity contribution is 0.590. The minimum Gasteiger partial charge on any atom is -0.375 e. The van der Waals surface area contributed by atoms with Gasteiger partial charge in [0.25, 0.3) is 0 Å². The normalized spacial score (nSPS) is 13.3. The van der Waals surface area contributed by atoms with Gasteiger partial charge in [0.15, 0.2) is 0 Å². The van der Waals surface area contributed by atoms with Gasteiger partial charge in [0, 0.05) is 61.4 Å². The van der Waals surface area contributed by atoms with Gasteiger partial charge >= 0.3 is 6.85 Å². The van der Waals surface area contributed by atoms with E-state index in [0.717, 1.165) is 17.1 Å². The van der Waals surface area contributed by atoms with Crippen molar-refractivity contribution in [2.24, 2.45) is 0 Å². The van der Waals surface area contributed by atoms with Gasteiger partial charge in [-0.2, -0.15) is 0 Å². The first-order valence-electron chi connectivity index (χ1n) is 23.4. The minimum absolute atomic E-state index is 0.00464. The van der Waals surface area contributed by atoms with Crippen LogP contribution in [0.5, 0.6) is 0 Å². The summed E-state index contributed by atoms with van der Waals surface area (Å²) < 4.78 is 2.72.